The van der Waals surface area contributed by atoms with Crippen LogP contribution in [0.1, 0.15) is 31.4 Å². The molecule has 0 radical (unpaired) electrons. The van der Waals surface area contributed by atoms with Gasteiger partial charge in [-0.1, -0.05) is 0 Å². The molecule has 1 aliphatic heterocycles. The summed E-state index contributed by atoms with van der Waals surface area (Å²) in [6.45, 7) is 7.28. The van der Waals surface area contributed by atoms with E-state index in [0.717, 1.165) is 37.2 Å². The van der Waals surface area contributed by atoms with E-state index < -0.39 is 0 Å². The lowest BCUT2D eigenvalue weighted by molar-refractivity contribution is 0.114. The molecule has 4 heteroatoms. The molecule has 2 atom stereocenters. The van der Waals surface area contributed by atoms with Crippen LogP contribution in [0.2, 0.25) is 0 Å². The lowest BCUT2D eigenvalue weighted by atomic mass is 10.1. The second-order valence-corrected chi connectivity index (χ2v) is 5.50. The molecule has 1 aliphatic carbocycles. The third-order valence-electron chi connectivity index (χ3n) is 3.93. The summed E-state index contributed by atoms with van der Waals surface area (Å²) in [6.07, 6.45) is 4.61. The monoisotopic (exact) mass is 235 g/mol. The quantitative estimate of drug-likeness (QED) is 0.863. The summed E-state index contributed by atoms with van der Waals surface area (Å²) < 4.78 is 5.57. The molecule has 3 rings (SSSR count). The van der Waals surface area contributed by atoms with Gasteiger partial charge in [0.1, 0.15) is 5.76 Å². The molecule has 1 aromatic rings. The summed E-state index contributed by atoms with van der Waals surface area (Å²) >= 11 is 0. The van der Waals surface area contributed by atoms with Gasteiger partial charge >= 0.3 is 0 Å². The van der Waals surface area contributed by atoms with Gasteiger partial charge in [0.2, 0.25) is 5.89 Å². The predicted octanol–water partition coefficient (Wildman–Crippen LogP) is 1.56. The molecular weight excluding hydrogens is 214 g/mol. The van der Waals surface area contributed by atoms with Crippen molar-refractivity contribution in [2.75, 3.05) is 13.1 Å². The summed E-state index contributed by atoms with van der Waals surface area (Å²) in [6, 6.07) is 1.25. The third-order valence-corrected chi connectivity index (χ3v) is 3.93. The molecule has 1 aromatic heterocycles. The van der Waals surface area contributed by atoms with E-state index in [4.69, 9.17) is 4.42 Å². The number of aryl methyl sites for hydroxylation is 1. The van der Waals surface area contributed by atoms with E-state index in [1.54, 1.807) is 6.20 Å². The summed E-state index contributed by atoms with van der Waals surface area (Å²) in [4.78, 5) is 6.79. The number of hydrogen-bond acceptors (Lipinski definition) is 4. The molecule has 94 valence electrons. The fourth-order valence-electron chi connectivity index (χ4n) is 2.63. The lowest BCUT2D eigenvalue weighted by Crippen LogP contribution is -2.55. The Balaban J connectivity index is 1.63. The Bertz CT molecular complexity index is 386. The van der Waals surface area contributed by atoms with Crippen LogP contribution in [-0.2, 0) is 6.54 Å². The van der Waals surface area contributed by atoms with Crippen molar-refractivity contribution in [3.05, 3.63) is 17.8 Å². The van der Waals surface area contributed by atoms with Crippen molar-refractivity contribution < 1.29 is 4.42 Å². The first kappa shape index (κ1) is 11.2. The van der Waals surface area contributed by atoms with Crippen LogP contribution < -0.4 is 5.32 Å². The first-order chi connectivity index (χ1) is 8.22. The van der Waals surface area contributed by atoms with Gasteiger partial charge in [0, 0.05) is 25.2 Å². The summed E-state index contributed by atoms with van der Waals surface area (Å²) in [5, 5.41) is 3.66. The highest BCUT2D eigenvalue weighted by atomic mass is 16.4. The molecule has 2 unspecified atom stereocenters. The van der Waals surface area contributed by atoms with Crippen LogP contribution in [0.15, 0.2) is 10.6 Å². The van der Waals surface area contributed by atoms with E-state index >= 15 is 0 Å². The van der Waals surface area contributed by atoms with Gasteiger partial charge in [-0.2, -0.15) is 0 Å². The Morgan fingerprint density at radius 2 is 2.35 bits per heavy atom. The lowest BCUT2D eigenvalue weighted by Gasteiger charge is -2.38. The number of nitrogens with zero attached hydrogens (tertiary/aromatic N) is 2. The van der Waals surface area contributed by atoms with Gasteiger partial charge in [-0.15, -0.1) is 0 Å². The normalized spacial score (nSPS) is 30.7. The largest absolute Gasteiger partial charge is 0.445 e. The van der Waals surface area contributed by atoms with E-state index in [2.05, 4.69) is 22.1 Å². The molecule has 0 amide bonds. The molecule has 2 fully saturated rings. The fourth-order valence-corrected chi connectivity index (χ4v) is 2.63. The SMILES string of the molecule is Cc1cnc(CN2CC(C3CC3)NCC2C)o1. The standard InChI is InChI=1S/C13H21N3O/c1-9-5-14-12(11-3-4-11)7-16(9)8-13-15-6-10(2)17-13/h6,9,11-12,14H,3-5,7-8H2,1-2H3. The smallest absolute Gasteiger partial charge is 0.208 e. The zero-order valence-corrected chi connectivity index (χ0v) is 10.6. The molecule has 1 saturated heterocycles. The highest BCUT2D eigenvalue weighted by molar-refractivity contribution is 4.96. The third kappa shape index (κ3) is 2.53. The summed E-state index contributed by atoms with van der Waals surface area (Å²) in [7, 11) is 0. The predicted molar refractivity (Wildman–Crippen MR) is 65.6 cm³/mol. The molecule has 17 heavy (non-hydrogen) atoms. The molecular formula is C13H21N3O. The zero-order valence-electron chi connectivity index (χ0n) is 10.6. The number of rotatable bonds is 3. The van der Waals surface area contributed by atoms with Gasteiger partial charge in [0.15, 0.2) is 0 Å². The van der Waals surface area contributed by atoms with Gasteiger partial charge in [-0.3, -0.25) is 4.90 Å². The Morgan fingerprint density at radius 3 is 3.00 bits per heavy atom. The van der Waals surface area contributed by atoms with E-state index in [0.29, 0.717) is 12.1 Å². The van der Waals surface area contributed by atoms with Crippen LogP contribution in [0, 0.1) is 12.8 Å². The minimum absolute atomic E-state index is 0.567. The van der Waals surface area contributed by atoms with E-state index in [1.165, 1.54) is 12.8 Å². The second-order valence-electron chi connectivity index (χ2n) is 5.50. The number of aromatic nitrogens is 1. The van der Waals surface area contributed by atoms with Crippen LogP contribution in [0.4, 0.5) is 0 Å². The van der Waals surface area contributed by atoms with Gasteiger partial charge in [-0.05, 0) is 32.6 Å². The average molecular weight is 235 g/mol. The molecule has 0 aromatic carbocycles. The van der Waals surface area contributed by atoms with Crippen molar-refractivity contribution in [1.82, 2.24) is 15.2 Å². The molecule has 1 saturated carbocycles. The first-order valence-electron chi connectivity index (χ1n) is 6.61. The molecule has 1 N–H and O–H groups in total. The molecule has 2 aliphatic rings. The van der Waals surface area contributed by atoms with E-state index in [9.17, 15) is 0 Å². The maximum Gasteiger partial charge on any atom is 0.208 e. The first-order valence-corrected chi connectivity index (χ1v) is 6.61. The van der Waals surface area contributed by atoms with Crippen LogP contribution >= 0.6 is 0 Å². The van der Waals surface area contributed by atoms with Crippen LogP contribution in [-0.4, -0.2) is 35.1 Å². The second kappa shape index (κ2) is 4.42. The highest BCUT2D eigenvalue weighted by Gasteiger charge is 2.36. The summed E-state index contributed by atoms with van der Waals surface area (Å²) in [5.41, 5.74) is 0. The molecule has 0 bridgehead atoms. The Hall–Kier alpha value is -0.870. The van der Waals surface area contributed by atoms with Crippen molar-refractivity contribution in [3.8, 4) is 0 Å². The zero-order chi connectivity index (χ0) is 11.8. The Morgan fingerprint density at radius 1 is 1.53 bits per heavy atom. The number of oxazole rings is 1. The highest BCUT2D eigenvalue weighted by Crippen LogP contribution is 2.34. The minimum atomic E-state index is 0.567. The number of hydrogen-bond donors (Lipinski definition) is 1. The molecule has 2 heterocycles. The topological polar surface area (TPSA) is 41.3 Å². The van der Waals surface area contributed by atoms with Crippen LogP contribution in [0.5, 0.6) is 0 Å². The van der Waals surface area contributed by atoms with Crippen molar-refractivity contribution in [1.29, 1.82) is 0 Å². The van der Waals surface area contributed by atoms with E-state index in [1.807, 2.05) is 6.92 Å². The Labute approximate surface area is 102 Å². The van der Waals surface area contributed by atoms with Gasteiger partial charge in [0.05, 0.1) is 12.7 Å². The minimum Gasteiger partial charge on any atom is -0.445 e. The van der Waals surface area contributed by atoms with Crippen LogP contribution in [0.3, 0.4) is 0 Å². The van der Waals surface area contributed by atoms with Crippen molar-refractivity contribution in [2.24, 2.45) is 5.92 Å². The van der Waals surface area contributed by atoms with Crippen molar-refractivity contribution in [2.45, 2.75) is 45.3 Å². The number of nitrogens with one attached hydrogen (secondary N) is 1. The Kier molecular flexibility index (Phi) is 2.92. The van der Waals surface area contributed by atoms with Gasteiger partial charge < -0.3 is 9.73 Å². The molecule has 4 nitrogen and oxygen atoms in total. The van der Waals surface area contributed by atoms with Crippen molar-refractivity contribution in [3.63, 3.8) is 0 Å². The number of piperazine rings is 1. The van der Waals surface area contributed by atoms with Crippen molar-refractivity contribution >= 4 is 0 Å². The van der Waals surface area contributed by atoms with Crippen LogP contribution in [0.25, 0.3) is 0 Å². The van der Waals surface area contributed by atoms with Gasteiger partial charge in [0.25, 0.3) is 0 Å². The van der Waals surface area contributed by atoms with E-state index in [-0.39, 0.29) is 0 Å². The van der Waals surface area contributed by atoms with Gasteiger partial charge in [-0.25, -0.2) is 4.98 Å². The summed E-state index contributed by atoms with van der Waals surface area (Å²) in [5.74, 6) is 2.67. The maximum absolute atomic E-state index is 5.57. The fraction of sp³-hybridized carbons (Fsp3) is 0.769. The average Bonchev–Trinajstić information content (AvgIpc) is 3.07. The molecule has 0 spiro atoms. The maximum atomic E-state index is 5.57.